The van der Waals surface area contributed by atoms with Gasteiger partial charge in [-0.1, -0.05) is 17.7 Å². The molecule has 1 aliphatic heterocycles. The van der Waals surface area contributed by atoms with Crippen molar-refractivity contribution in [2.24, 2.45) is 0 Å². The van der Waals surface area contributed by atoms with Crippen LogP contribution in [0.1, 0.15) is 17.3 Å². The van der Waals surface area contributed by atoms with E-state index in [0.29, 0.717) is 0 Å². The molecule has 170 valence electrons. The maximum atomic E-state index is 13.3. The number of hydrogen-bond donors (Lipinski definition) is 1. The van der Waals surface area contributed by atoms with Crippen molar-refractivity contribution >= 4 is 39.2 Å². The summed E-state index contributed by atoms with van der Waals surface area (Å²) >= 11 is 5.91. The zero-order valence-electron chi connectivity index (χ0n) is 17.1. The van der Waals surface area contributed by atoms with E-state index in [1.165, 1.54) is 34.9 Å². The number of sulfone groups is 1. The number of rotatable bonds is 5. The molecule has 1 unspecified atom stereocenters. The summed E-state index contributed by atoms with van der Waals surface area (Å²) in [5.74, 6) is -2.44. The predicted molar refractivity (Wildman–Crippen MR) is 115 cm³/mol. The molecule has 1 fully saturated rings. The van der Waals surface area contributed by atoms with E-state index in [1.807, 2.05) is 0 Å². The van der Waals surface area contributed by atoms with Gasteiger partial charge in [0.15, 0.2) is 0 Å². The van der Waals surface area contributed by atoms with Crippen LogP contribution < -0.4 is 5.32 Å². The van der Waals surface area contributed by atoms with Crippen LogP contribution >= 0.6 is 11.6 Å². The van der Waals surface area contributed by atoms with Crippen molar-refractivity contribution in [3.05, 3.63) is 64.9 Å². The van der Waals surface area contributed by atoms with E-state index in [0.717, 1.165) is 24.3 Å². The highest BCUT2D eigenvalue weighted by Gasteiger charge is 2.39. The molecule has 2 aromatic carbocycles. The Morgan fingerprint density at radius 3 is 2.16 bits per heavy atom. The van der Waals surface area contributed by atoms with Gasteiger partial charge in [-0.3, -0.25) is 14.4 Å². The number of piperazine rings is 1. The number of halogens is 2. The van der Waals surface area contributed by atoms with Gasteiger partial charge >= 0.3 is 0 Å². The van der Waals surface area contributed by atoms with E-state index < -0.39 is 32.8 Å². The molecule has 1 atom stereocenters. The predicted octanol–water partition coefficient (Wildman–Crippen LogP) is 1.70. The second-order valence-electron chi connectivity index (χ2n) is 7.19. The first kappa shape index (κ1) is 23.7. The van der Waals surface area contributed by atoms with Gasteiger partial charge in [0.1, 0.15) is 5.82 Å². The van der Waals surface area contributed by atoms with Gasteiger partial charge in [0.05, 0.1) is 4.90 Å². The van der Waals surface area contributed by atoms with Crippen LogP contribution in [-0.4, -0.2) is 67.5 Å². The summed E-state index contributed by atoms with van der Waals surface area (Å²) in [6.07, 6.45) is 0. The molecule has 0 aromatic heterocycles. The summed E-state index contributed by atoms with van der Waals surface area (Å²) in [7, 11) is -4.41. The maximum absolute atomic E-state index is 13.3. The van der Waals surface area contributed by atoms with E-state index in [-0.39, 0.29) is 47.6 Å². The van der Waals surface area contributed by atoms with Crippen molar-refractivity contribution < 1.29 is 27.2 Å². The first-order valence-electron chi connectivity index (χ1n) is 9.70. The van der Waals surface area contributed by atoms with Crippen LogP contribution in [-0.2, 0) is 19.4 Å². The minimum absolute atomic E-state index is 0.0750. The van der Waals surface area contributed by atoms with Gasteiger partial charge in [-0.05, 0) is 42.5 Å². The average Bonchev–Trinajstić information content (AvgIpc) is 2.77. The number of benzene rings is 2. The third-order valence-corrected chi connectivity index (χ3v) is 7.17. The Hall–Kier alpha value is -2.98. The second kappa shape index (κ2) is 9.66. The summed E-state index contributed by atoms with van der Waals surface area (Å²) in [5.41, 5.74) is 0.0750. The fourth-order valence-corrected chi connectivity index (χ4v) is 4.93. The summed E-state index contributed by atoms with van der Waals surface area (Å²) in [6, 6.07) is 9.81. The standard InChI is InChI=1S/C21H21ClFN3O5S/c1-14(27)25-9-11-26(12-10-25)21(29)20(24-19(28)15-3-2-4-16(22)13-15)32(30,31)18-7-5-17(23)6-8-18/h2-8,13,20H,9-12H2,1H3,(H,24,28). The maximum Gasteiger partial charge on any atom is 0.261 e. The van der Waals surface area contributed by atoms with Gasteiger partial charge in [-0.2, -0.15) is 0 Å². The Morgan fingerprint density at radius 1 is 1.00 bits per heavy atom. The molecule has 0 aliphatic carbocycles. The first-order valence-corrected chi connectivity index (χ1v) is 11.6. The molecule has 1 aliphatic rings. The first-order chi connectivity index (χ1) is 15.1. The van der Waals surface area contributed by atoms with Crippen LogP contribution in [0, 0.1) is 5.82 Å². The molecule has 2 aromatic rings. The second-order valence-corrected chi connectivity index (χ2v) is 9.66. The lowest BCUT2D eigenvalue weighted by Gasteiger charge is -2.36. The van der Waals surface area contributed by atoms with Crippen LogP contribution in [0.3, 0.4) is 0 Å². The molecule has 1 saturated heterocycles. The van der Waals surface area contributed by atoms with Gasteiger partial charge < -0.3 is 15.1 Å². The van der Waals surface area contributed by atoms with Crippen molar-refractivity contribution in [3.8, 4) is 0 Å². The Bertz CT molecular complexity index is 1130. The molecule has 1 heterocycles. The van der Waals surface area contributed by atoms with Crippen LogP contribution in [0.5, 0.6) is 0 Å². The van der Waals surface area contributed by atoms with E-state index in [2.05, 4.69) is 5.32 Å². The van der Waals surface area contributed by atoms with Crippen LogP contribution in [0.15, 0.2) is 53.4 Å². The Labute approximate surface area is 189 Å². The summed E-state index contributed by atoms with van der Waals surface area (Å²) in [4.78, 5) is 40.0. The van der Waals surface area contributed by atoms with Gasteiger partial charge in [0.2, 0.25) is 21.1 Å². The molecule has 11 heteroatoms. The van der Waals surface area contributed by atoms with Crippen molar-refractivity contribution in [2.75, 3.05) is 26.2 Å². The lowest BCUT2D eigenvalue weighted by atomic mass is 10.2. The van der Waals surface area contributed by atoms with Crippen molar-refractivity contribution in [2.45, 2.75) is 17.2 Å². The Morgan fingerprint density at radius 2 is 1.59 bits per heavy atom. The molecule has 0 spiro atoms. The van der Waals surface area contributed by atoms with Crippen LogP contribution in [0.4, 0.5) is 4.39 Å². The molecular formula is C21H21ClFN3O5S. The molecule has 32 heavy (non-hydrogen) atoms. The van der Waals surface area contributed by atoms with Crippen molar-refractivity contribution in [1.82, 2.24) is 15.1 Å². The van der Waals surface area contributed by atoms with E-state index in [9.17, 15) is 27.2 Å². The van der Waals surface area contributed by atoms with Crippen molar-refractivity contribution in [1.29, 1.82) is 0 Å². The summed E-state index contributed by atoms with van der Waals surface area (Å²) in [5, 5.41) is 0.619. The fraction of sp³-hybridized carbons (Fsp3) is 0.286. The molecule has 3 rings (SSSR count). The number of carbonyl (C=O) groups excluding carboxylic acids is 3. The average molecular weight is 482 g/mol. The SMILES string of the molecule is CC(=O)N1CCN(C(=O)C(NC(=O)c2cccc(Cl)c2)S(=O)(=O)c2ccc(F)cc2)CC1. The van der Waals surface area contributed by atoms with Crippen molar-refractivity contribution in [3.63, 3.8) is 0 Å². The normalized spacial score (nSPS) is 15.2. The highest BCUT2D eigenvalue weighted by Crippen LogP contribution is 2.19. The van der Waals surface area contributed by atoms with E-state index in [1.54, 1.807) is 6.07 Å². The number of nitrogens with zero attached hydrogens (tertiary/aromatic N) is 2. The summed E-state index contributed by atoms with van der Waals surface area (Å²) < 4.78 is 39.8. The Balaban J connectivity index is 1.92. The number of hydrogen-bond acceptors (Lipinski definition) is 5. The van der Waals surface area contributed by atoms with Gasteiger partial charge in [0, 0.05) is 43.7 Å². The monoisotopic (exact) mass is 481 g/mol. The lowest BCUT2D eigenvalue weighted by Crippen LogP contribution is -2.57. The molecule has 0 saturated carbocycles. The van der Waals surface area contributed by atoms with Crippen LogP contribution in [0.2, 0.25) is 5.02 Å². The highest BCUT2D eigenvalue weighted by atomic mass is 35.5. The molecule has 1 N–H and O–H groups in total. The quantitative estimate of drug-likeness (QED) is 0.655. The van der Waals surface area contributed by atoms with Gasteiger partial charge in [-0.25, -0.2) is 12.8 Å². The molecule has 3 amide bonds. The minimum Gasteiger partial charge on any atom is -0.339 e. The zero-order chi connectivity index (χ0) is 23.5. The third-order valence-electron chi connectivity index (χ3n) is 5.06. The number of nitrogens with one attached hydrogen (secondary N) is 1. The smallest absolute Gasteiger partial charge is 0.261 e. The number of amides is 3. The van der Waals surface area contributed by atoms with E-state index >= 15 is 0 Å². The van der Waals surface area contributed by atoms with Gasteiger partial charge in [0.25, 0.3) is 11.8 Å². The topological polar surface area (TPSA) is 104 Å². The lowest BCUT2D eigenvalue weighted by molar-refractivity contribution is -0.138. The highest BCUT2D eigenvalue weighted by molar-refractivity contribution is 7.92. The summed E-state index contributed by atoms with van der Waals surface area (Å²) in [6.45, 7) is 2.12. The zero-order valence-corrected chi connectivity index (χ0v) is 18.7. The third kappa shape index (κ3) is 5.25. The van der Waals surface area contributed by atoms with Gasteiger partial charge in [-0.15, -0.1) is 0 Å². The molecular weight excluding hydrogens is 461 g/mol. The fourth-order valence-electron chi connectivity index (χ4n) is 3.27. The largest absolute Gasteiger partial charge is 0.339 e. The minimum atomic E-state index is -4.41. The molecule has 0 bridgehead atoms. The number of carbonyl (C=O) groups is 3. The molecule has 8 nitrogen and oxygen atoms in total. The Kier molecular flexibility index (Phi) is 7.15. The molecule has 0 radical (unpaired) electrons. The van der Waals surface area contributed by atoms with E-state index in [4.69, 9.17) is 11.6 Å². The van der Waals surface area contributed by atoms with Crippen LogP contribution in [0.25, 0.3) is 0 Å².